The van der Waals surface area contributed by atoms with Gasteiger partial charge in [-0.05, 0) is 60.7 Å². The number of hydrazine groups is 1. The van der Waals surface area contributed by atoms with Gasteiger partial charge in [-0.2, -0.15) is 0 Å². The van der Waals surface area contributed by atoms with E-state index < -0.39 is 0 Å². The number of pyridine rings is 1. The Hall–Kier alpha value is -3.45. The van der Waals surface area contributed by atoms with Crippen molar-refractivity contribution in [2.45, 2.75) is 0 Å². The predicted molar refractivity (Wildman–Crippen MR) is 104 cm³/mol. The first-order chi connectivity index (χ1) is 12.7. The Kier molecular flexibility index (Phi) is 5.74. The zero-order valence-electron chi connectivity index (χ0n) is 13.7. The lowest BCUT2D eigenvalue weighted by Crippen LogP contribution is -2.43. The van der Waals surface area contributed by atoms with Gasteiger partial charge in [0, 0.05) is 18.1 Å². The number of amides is 1. The summed E-state index contributed by atoms with van der Waals surface area (Å²) in [7, 11) is 0. The summed E-state index contributed by atoms with van der Waals surface area (Å²) < 4.78 is 5.73. The van der Waals surface area contributed by atoms with E-state index in [2.05, 4.69) is 21.2 Å². The van der Waals surface area contributed by atoms with Gasteiger partial charge in [0.2, 0.25) is 0 Å². The molecule has 6 nitrogen and oxygen atoms in total. The number of anilines is 1. The van der Waals surface area contributed by atoms with Gasteiger partial charge < -0.3 is 10.1 Å². The zero-order valence-corrected chi connectivity index (χ0v) is 14.5. The molecule has 3 rings (SSSR count). The maximum Gasteiger partial charge on any atom is 0.271 e. The van der Waals surface area contributed by atoms with E-state index in [0.717, 1.165) is 11.4 Å². The average Bonchev–Trinajstić information content (AvgIpc) is 2.69. The molecule has 0 spiro atoms. The number of hydrogen-bond acceptors (Lipinski definition) is 4. The number of benzene rings is 2. The molecule has 0 atom stereocenters. The summed E-state index contributed by atoms with van der Waals surface area (Å²) in [6.07, 6.45) is 3.07. The zero-order chi connectivity index (χ0) is 18.2. The van der Waals surface area contributed by atoms with Crippen LogP contribution in [0.15, 0.2) is 79.1 Å². The van der Waals surface area contributed by atoms with E-state index in [1.807, 2.05) is 54.6 Å². The summed E-state index contributed by atoms with van der Waals surface area (Å²) in [5, 5.41) is 3.24. The van der Waals surface area contributed by atoms with Crippen molar-refractivity contribution in [3.63, 3.8) is 0 Å². The van der Waals surface area contributed by atoms with Crippen molar-refractivity contribution in [3.05, 3.63) is 84.7 Å². The van der Waals surface area contributed by atoms with Crippen LogP contribution in [0.2, 0.25) is 0 Å². The highest BCUT2D eigenvalue weighted by Crippen LogP contribution is 2.22. The molecule has 0 unspecified atom stereocenters. The fourth-order valence-corrected chi connectivity index (χ4v) is 2.24. The van der Waals surface area contributed by atoms with Crippen LogP contribution in [0.4, 0.5) is 5.69 Å². The second-order valence-electron chi connectivity index (χ2n) is 5.21. The number of carbonyl (C=O) groups excluding carboxylic acids is 1. The molecular weight excluding hydrogens is 348 g/mol. The van der Waals surface area contributed by atoms with E-state index in [9.17, 15) is 4.79 Å². The predicted octanol–water partition coefficient (Wildman–Crippen LogP) is 3.51. The monoisotopic (exact) mass is 364 g/mol. The topological polar surface area (TPSA) is 75.3 Å². The van der Waals surface area contributed by atoms with E-state index in [0.29, 0.717) is 11.3 Å². The van der Waals surface area contributed by atoms with Crippen molar-refractivity contribution in [3.8, 4) is 11.5 Å². The molecule has 2 aromatic carbocycles. The van der Waals surface area contributed by atoms with Crippen LogP contribution < -0.4 is 20.9 Å². The summed E-state index contributed by atoms with van der Waals surface area (Å²) >= 11 is 5.16. The first-order valence-electron chi connectivity index (χ1n) is 7.81. The number of nitrogens with zero attached hydrogens (tertiary/aromatic N) is 1. The molecule has 26 heavy (non-hydrogen) atoms. The summed E-state index contributed by atoms with van der Waals surface area (Å²) in [4.78, 5) is 15.8. The Balaban J connectivity index is 1.49. The average molecular weight is 364 g/mol. The lowest BCUT2D eigenvalue weighted by Gasteiger charge is -2.12. The molecule has 1 amide bonds. The second-order valence-corrected chi connectivity index (χ2v) is 5.62. The van der Waals surface area contributed by atoms with Gasteiger partial charge in [0.05, 0.1) is 5.56 Å². The van der Waals surface area contributed by atoms with Crippen LogP contribution >= 0.6 is 12.2 Å². The van der Waals surface area contributed by atoms with Crippen molar-refractivity contribution in [1.82, 2.24) is 15.8 Å². The van der Waals surface area contributed by atoms with Crippen LogP contribution in [0.1, 0.15) is 10.4 Å². The molecule has 0 aliphatic heterocycles. The van der Waals surface area contributed by atoms with E-state index in [1.54, 1.807) is 18.3 Å². The van der Waals surface area contributed by atoms with Crippen molar-refractivity contribution in [1.29, 1.82) is 0 Å². The Morgan fingerprint density at radius 2 is 1.62 bits per heavy atom. The Bertz CT molecular complexity index is 871. The number of carbonyl (C=O) groups is 1. The molecule has 3 N–H and O–H groups in total. The number of hydrogen-bond donors (Lipinski definition) is 3. The third-order valence-electron chi connectivity index (χ3n) is 3.30. The van der Waals surface area contributed by atoms with Crippen LogP contribution in [0.5, 0.6) is 11.5 Å². The molecule has 0 aliphatic carbocycles. The Morgan fingerprint density at radius 1 is 0.885 bits per heavy atom. The number of thiocarbonyl (C=S) groups is 1. The number of aromatic nitrogens is 1. The molecular formula is C19H16N4O2S. The number of ether oxygens (including phenoxy) is 1. The van der Waals surface area contributed by atoms with Gasteiger partial charge in [0.1, 0.15) is 11.5 Å². The van der Waals surface area contributed by atoms with E-state index in [4.69, 9.17) is 17.0 Å². The summed E-state index contributed by atoms with van der Waals surface area (Å²) in [5.41, 5.74) is 6.35. The third-order valence-corrected chi connectivity index (χ3v) is 3.51. The molecule has 0 saturated heterocycles. The van der Waals surface area contributed by atoms with Gasteiger partial charge in [-0.15, -0.1) is 0 Å². The van der Waals surface area contributed by atoms with Gasteiger partial charge in [-0.25, -0.2) is 0 Å². The highest BCUT2D eigenvalue weighted by molar-refractivity contribution is 7.80. The molecule has 0 radical (unpaired) electrons. The summed E-state index contributed by atoms with van der Waals surface area (Å²) in [5.74, 6) is 1.16. The number of para-hydroxylation sites is 1. The maximum absolute atomic E-state index is 11.9. The largest absolute Gasteiger partial charge is 0.457 e. The van der Waals surface area contributed by atoms with E-state index in [1.165, 1.54) is 6.20 Å². The molecule has 7 heteroatoms. The van der Waals surface area contributed by atoms with Crippen molar-refractivity contribution >= 4 is 28.9 Å². The minimum Gasteiger partial charge on any atom is -0.457 e. The van der Waals surface area contributed by atoms with Gasteiger partial charge in [-0.1, -0.05) is 18.2 Å². The fraction of sp³-hybridized carbons (Fsp3) is 0. The molecule has 0 fully saturated rings. The minimum atomic E-state index is -0.325. The summed E-state index contributed by atoms with van der Waals surface area (Å²) in [6.45, 7) is 0. The first-order valence-corrected chi connectivity index (χ1v) is 8.22. The van der Waals surface area contributed by atoms with Crippen LogP contribution in [-0.2, 0) is 0 Å². The smallest absolute Gasteiger partial charge is 0.271 e. The standard InChI is InChI=1S/C19H16N4O2S/c24-18(14-5-4-12-20-13-14)22-23-19(26)21-15-8-10-17(11-9-15)25-16-6-2-1-3-7-16/h1-13H,(H,22,24)(H2,21,23,26). The van der Waals surface area contributed by atoms with Crippen molar-refractivity contribution in [2.75, 3.05) is 5.32 Å². The number of nitrogens with one attached hydrogen (secondary N) is 3. The highest BCUT2D eigenvalue weighted by atomic mass is 32.1. The van der Waals surface area contributed by atoms with Crippen LogP contribution in [0.3, 0.4) is 0 Å². The molecule has 3 aromatic rings. The van der Waals surface area contributed by atoms with Crippen LogP contribution in [0.25, 0.3) is 0 Å². The van der Waals surface area contributed by atoms with Gasteiger partial charge >= 0.3 is 0 Å². The molecule has 0 aliphatic rings. The maximum atomic E-state index is 11.9. The van der Waals surface area contributed by atoms with Crippen LogP contribution in [0, 0.1) is 0 Å². The quantitative estimate of drug-likeness (QED) is 0.486. The van der Waals surface area contributed by atoms with E-state index in [-0.39, 0.29) is 11.0 Å². The molecule has 130 valence electrons. The third kappa shape index (κ3) is 5.02. The first kappa shape index (κ1) is 17.4. The molecule has 0 bridgehead atoms. The molecule has 0 saturated carbocycles. The van der Waals surface area contributed by atoms with Gasteiger partial charge in [0.15, 0.2) is 5.11 Å². The summed E-state index contributed by atoms with van der Waals surface area (Å²) in [6, 6.07) is 20.2. The highest BCUT2D eigenvalue weighted by Gasteiger charge is 2.05. The molecule has 1 aromatic heterocycles. The Morgan fingerprint density at radius 3 is 2.31 bits per heavy atom. The van der Waals surface area contributed by atoms with Gasteiger partial charge in [-0.3, -0.25) is 20.6 Å². The fourth-order valence-electron chi connectivity index (χ4n) is 2.08. The minimum absolute atomic E-state index is 0.263. The lowest BCUT2D eigenvalue weighted by atomic mass is 10.3. The SMILES string of the molecule is O=C(NNC(=S)Nc1ccc(Oc2ccccc2)cc1)c1cccnc1. The van der Waals surface area contributed by atoms with Crippen molar-refractivity contribution < 1.29 is 9.53 Å². The molecule has 1 heterocycles. The Labute approximate surface area is 156 Å². The second kappa shape index (κ2) is 8.59. The number of rotatable bonds is 4. The normalized spacial score (nSPS) is 9.85. The van der Waals surface area contributed by atoms with Crippen molar-refractivity contribution in [2.24, 2.45) is 0 Å². The lowest BCUT2D eigenvalue weighted by molar-refractivity contribution is 0.0944. The van der Waals surface area contributed by atoms with E-state index >= 15 is 0 Å². The van der Waals surface area contributed by atoms with Crippen LogP contribution in [-0.4, -0.2) is 16.0 Å². The van der Waals surface area contributed by atoms with Gasteiger partial charge in [0.25, 0.3) is 5.91 Å².